The number of hydrogen-bond donors (Lipinski definition) is 3. The van der Waals surface area contributed by atoms with Crippen LogP contribution in [-0.2, 0) is 29.1 Å². The molecule has 0 unspecified atom stereocenters. The van der Waals surface area contributed by atoms with E-state index in [1.807, 2.05) is 36.4 Å². The van der Waals surface area contributed by atoms with Gasteiger partial charge < -0.3 is 29.7 Å². The summed E-state index contributed by atoms with van der Waals surface area (Å²) in [7, 11) is -2.36. The maximum absolute atomic E-state index is 14.5. The molecule has 3 aromatic rings. The smallest absolute Gasteiger partial charge is 0.408 e. The average Bonchev–Trinajstić information content (AvgIpc) is 4.09. The van der Waals surface area contributed by atoms with Gasteiger partial charge in [-0.2, -0.15) is 0 Å². The number of hydrogen-bond acceptors (Lipinski definition) is 10. The van der Waals surface area contributed by atoms with Crippen molar-refractivity contribution >= 4 is 44.7 Å². The highest BCUT2D eigenvalue weighted by molar-refractivity contribution is 7.91. The fraction of sp³-hybridized carbons (Fsp3) is 0.425. The lowest BCUT2D eigenvalue weighted by molar-refractivity contribution is -0.142. The number of fused-ring (bicyclic) bond motifs is 1. The first-order valence-corrected chi connectivity index (χ1v) is 19.5. The van der Waals surface area contributed by atoms with E-state index in [0.717, 1.165) is 5.56 Å². The van der Waals surface area contributed by atoms with Crippen LogP contribution in [0.4, 0.5) is 4.79 Å². The average molecular weight is 772 g/mol. The Kier molecular flexibility index (Phi) is 10.8. The number of nitrogens with one attached hydrogen (secondary N) is 3. The van der Waals surface area contributed by atoms with Gasteiger partial charge in [-0.05, 0) is 36.8 Å². The number of nitrogens with zero attached hydrogens (tertiary/aromatic N) is 2. The molecule has 55 heavy (non-hydrogen) atoms. The quantitative estimate of drug-likeness (QED) is 0.171. The highest BCUT2D eigenvalue weighted by Crippen LogP contribution is 2.46. The first kappa shape index (κ1) is 39.1. The summed E-state index contributed by atoms with van der Waals surface area (Å²) in [5.41, 5.74) is -0.393. The van der Waals surface area contributed by atoms with Crippen molar-refractivity contribution in [1.29, 1.82) is 0 Å². The number of carbonyl (C=O) groups is 4. The van der Waals surface area contributed by atoms with Gasteiger partial charge in [0.05, 0.1) is 30.1 Å². The maximum Gasteiger partial charge on any atom is 0.408 e. The van der Waals surface area contributed by atoms with E-state index in [1.165, 1.54) is 11.0 Å². The summed E-state index contributed by atoms with van der Waals surface area (Å²) in [6.45, 7) is 8.62. The van der Waals surface area contributed by atoms with Crippen LogP contribution in [0, 0.1) is 23.7 Å². The summed E-state index contributed by atoms with van der Waals surface area (Å²) in [6, 6.07) is 14.3. The molecule has 15 heteroatoms. The lowest BCUT2D eigenvalue weighted by Crippen LogP contribution is -2.60. The van der Waals surface area contributed by atoms with Gasteiger partial charge in [0.1, 0.15) is 35.2 Å². The number of pyridine rings is 1. The molecule has 0 bridgehead atoms. The van der Waals surface area contributed by atoms with E-state index in [2.05, 4.69) is 27.9 Å². The largest absolute Gasteiger partial charge is 0.497 e. The molecule has 290 valence electrons. The van der Waals surface area contributed by atoms with E-state index in [-0.39, 0.29) is 26.0 Å². The molecule has 2 aromatic carbocycles. The Morgan fingerprint density at radius 1 is 1.13 bits per heavy atom. The standard InChI is InChI=1S/C40H45N5O9S/c1-7-18-53-38(49)42-34(39(3,4)5)36(47)45-23-27(20-32(45)35(46)43-40(22-25(40)8-2)37(48)44-55(50,51)28-15-16-28)54-33-21-30(24-12-10-9-11-13-24)41-31-19-26(52-6)14-17-29(31)33/h1,8-14,17,19,21,25,27-28,32,34H,2,15-16,18,20,22-23H2,3-6H3,(H,42,49)(H,43,46)(H,44,48)/t25-,27-,32+,34-,40-/m1/s1. The Balaban J connectivity index is 1.34. The first-order valence-electron chi connectivity index (χ1n) is 18.0. The minimum absolute atomic E-state index is 0.00650. The van der Waals surface area contributed by atoms with E-state index in [9.17, 15) is 27.6 Å². The van der Waals surface area contributed by atoms with Crippen LogP contribution in [0.5, 0.6) is 11.5 Å². The van der Waals surface area contributed by atoms with Gasteiger partial charge in [0.15, 0.2) is 6.61 Å². The second kappa shape index (κ2) is 15.3. The highest BCUT2D eigenvalue weighted by atomic mass is 32.2. The van der Waals surface area contributed by atoms with Crippen molar-refractivity contribution in [3.05, 3.63) is 67.3 Å². The third-order valence-electron chi connectivity index (χ3n) is 10.1. The fourth-order valence-corrected chi connectivity index (χ4v) is 8.18. The van der Waals surface area contributed by atoms with Crippen molar-refractivity contribution in [3.8, 4) is 35.1 Å². The van der Waals surface area contributed by atoms with Crippen LogP contribution >= 0.6 is 0 Å². The zero-order valence-corrected chi connectivity index (χ0v) is 32.0. The molecule has 5 atom stereocenters. The lowest BCUT2D eigenvalue weighted by atomic mass is 9.85. The van der Waals surface area contributed by atoms with Gasteiger partial charge in [0, 0.05) is 35.4 Å². The lowest BCUT2D eigenvalue weighted by Gasteiger charge is -2.35. The molecular formula is C40H45N5O9S. The molecular weight excluding hydrogens is 727 g/mol. The summed E-state index contributed by atoms with van der Waals surface area (Å²) < 4.78 is 44.7. The zero-order valence-electron chi connectivity index (χ0n) is 31.2. The van der Waals surface area contributed by atoms with Crippen LogP contribution in [0.1, 0.15) is 46.5 Å². The third-order valence-corrected chi connectivity index (χ3v) is 11.9. The molecule has 1 saturated heterocycles. The normalized spacial score (nSPS) is 22.5. The van der Waals surface area contributed by atoms with Crippen molar-refractivity contribution in [1.82, 2.24) is 25.2 Å². The second-order valence-corrected chi connectivity index (χ2v) is 17.1. The number of amides is 4. The number of benzene rings is 2. The molecule has 4 amide bonds. The summed E-state index contributed by atoms with van der Waals surface area (Å²) in [6.07, 6.45) is 6.09. The molecule has 0 radical (unpaired) electrons. The summed E-state index contributed by atoms with van der Waals surface area (Å²) in [4.78, 5) is 61.3. The predicted molar refractivity (Wildman–Crippen MR) is 204 cm³/mol. The van der Waals surface area contributed by atoms with Crippen LogP contribution in [0.3, 0.4) is 0 Å². The van der Waals surface area contributed by atoms with E-state index < -0.39 is 74.1 Å². The number of aromatic nitrogens is 1. The number of rotatable bonds is 13. The highest BCUT2D eigenvalue weighted by Gasteiger charge is 2.62. The zero-order chi connectivity index (χ0) is 39.7. The molecule has 6 rings (SSSR count). The number of carbonyl (C=O) groups excluding carboxylic acids is 4. The van der Waals surface area contributed by atoms with Crippen LogP contribution in [-0.4, -0.2) is 91.4 Å². The van der Waals surface area contributed by atoms with E-state index in [4.69, 9.17) is 25.6 Å². The summed E-state index contributed by atoms with van der Waals surface area (Å²) >= 11 is 0. The van der Waals surface area contributed by atoms with Gasteiger partial charge in [-0.15, -0.1) is 13.0 Å². The second-order valence-electron chi connectivity index (χ2n) is 15.1. The molecule has 14 nitrogen and oxygen atoms in total. The number of alkyl carbamates (subject to hydrolysis) is 1. The van der Waals surface area contributed by atoms with Gasteiger partial charge in [0.25, 0.3) is 5.91 Å². The van der Waals surface area contributed by atoms with Crippen molar-refractivity contribution in [2.24, 2.45) is 11.3 Å². The van der Waals surface area contributed by atoms with E-state index >= 15 is 0 Å². The first-order chi connectivity index (χ1) is 26.1. The van der Waals surface area contributed by atoms with Crippen LogP contribution in [0.2, 0.25) is 0 Å². The maximum atomic E-state index is 14.5. The summed E-state index contributed by atoms with van der Waals surface area (Å²) in [5.74, 6) is 0.546. The van der Waals surface area contributed by atoms with E-state index in [0.29, 0.717) is 40.9 Å². The molecule has 3 aliphatic rings. The van der Waals surface area contributed by atoms with Gasteiger partial charge >= 0.3 is 6.09 Å². The Bertz CT molecular complexity index is 2160. The van der Waals surface area contributed by atoms with Gasteiger partial charge in [-0.3, -0.25) is 19.1 Å². The minimum atomic E-state index is -3.92. The van der Waals surface area contributed by atoms with Gasteiger partial charge in [0.2, 0.25) is 21.8 Å². The van der Waals surface area contributed by atoms with Crippen molar-refractivity contribution in [3.63, 3.8) is 0 Å². The minimum Gasteiger partial charge on any atom is -0.497 e. The number of terminal acetylenes is 1. The number of methoxy groups -OCH3 is 1. The van der Waals surface area contributed by atoms with Gasteiger partial charge in [-0.25, -0.2) is 18.2 Å². The Morgan fingerprint density at radius 3 is 2.47 bits per heavy atom. The Hall–Kier alpha value is -5.62. The van der Waals surface area contributed by atoms with Crippen molar-refractivity contribution in [2.75, 3.05) is 20.3 Å². The van der Waals surface area contributed by atoms with E-state index in [1.54, 1.807) is 46.1 Å². The predicted octanol–water partition coefficient (Wildman–Crippen LogP) is 3.70. The number of ether oxygens (including phenoxy) is 3. The molecule has 0 spiro atoms. The third kappa shape index (κ3) is 8.39. The topological polar surface area (TPSA) is 182 Å². The summed E-state index contributed by atoms with van der Waals surface area (Å²) in [5, 5.41) is 5.40. The van der Waals surface area contributed by atoms with Crippen LogP contribution < -0.4 is 24.8 Å². The number of sulfonamides is 1. The fourth-order valence-electron chi connectivity index (χ4n) is 6.81. The number of likely N-dealkylation sites (tertiary alicyclic amines) is 1. The van der Waals surface area contributed by atoms with Crippen molar-refractivity contribution in [2.45, 2.75) is 75.4 Å². The van der Waals surface area contributed by atoms with Crippen LogP contribution in [0.25, 0.3) is 22.2 Å². The van der Waals surface area contributed by atoms with Crippen molar-refractivity contribution < 1.29 is 41.8 Å². The van der Waals surface area contributed by atoms with Gasteiger partial charge in [-0.1, -0.05) is 63.1 Å². The Morgan fingerprint density at radius 2 is 1.85 bits per heavy atom. The monoisotopic (exact) mass is 771 g/mol. The molecule has 3 N–H and O–H groups in total. The molecule has 1 aliphatic heterocycles. The molecule has 3 fully saturated rings. The SMILES string of the molecule is C#CCOC(=O)N[C@H](C(=O)N1C[C@H](Oc2cc(-c3ccccc3)nc3cc(OC)ccc23)C[C@H]1C(=O)N[C@]1(C(=O)NS(=O)(=O)C2CC2)C[C@H]1C=C)C(C)(C)C. The Labute approximate surface area is 320 Å². The van der Waals surface area contributed by atoms with Crippen LogP contribution in [0.15, 0.2) is 67.3 Å². The molecule has 2 heterocycles. The molecule has 2 saturated carbocycles. The molecule has 2 aliphatic carbocycles. The molecule has 1 aromatic heterocycles.